The number of piperidine rings is 1. The van der Waals surface area contributed by atoms with Crippen molar-refractivity contribution in [3.63, 3.8) is 0 Å². The smallest absolute Gasteiger partial charge is 0.259 e. The number of pyridine rings is 3. The molecule has 3 aromatic rings. The lowest BCUT2D eigenvalue weighted by Gasteiger charge is -2.32. The first kappa shape index (κ1) is 17.4. The van der Waals surface area contributed by atoms with Gasteiger partial charge in [-0.05, 0) is 56.2 Å². The van der Waals surface area contributed by atoms with Crippen molar-refractivity contribution in [1.29, 1.82) is 0 Å². The van der Waals surface area contributed by atoms with Crippen LogP contribution in [-0.4, -0.2) is 45.5 Å². The molecule has 0 atom stereocenters. The van der Waals surface area contributed by atoms with Crippen LogP contribution in [0.4, 0.5) is 0 Å². The Hall–Kier alpha value is -3.02. The van der Waals surface area contributed by atoms with Crippen molar-refractivity contribution in [1.82, 2.24) is 19.9 Å². The minimum absolute atomic E-state index is 0.0156. The van der Waals surface area contributed by atoms with E-state index in [0.717, 1.165) is 29.6 Å². The summed E-state index contributed by atoms with van der Waals surface area (Å²) in [6.07, 6.45) is 5.19. The molecule has 4 heterocycles. The number of fused-ring (bicyclic) bond motifs is 1. The molecule has 0 spiro atoms. The quantitative estimate of drug-likeness (QED) is 0.711. The molecule has 3 aromatic heterocycles. The highest BCUT2D eigenvalue weighted by Crippen LogP contribution is 2.29. The zero-order chi connectivity index (χ0) is 18.6. The number of likely N-dealkylation sites (tertiary alicyclic amines) is 1. The monoisotopic (exact) mass is 362 g/mol. The molecule has 27 heavy (non-hydrogen) atoms. The van der Waals surface area contributed by atoms with Crippen LogP contribution in [0, 0.1) is 0 Å². The third-order valence-electron chi connectivity index (χ3n) is 4.97. The molecule has 1 amide bonds. The van der Waals surface area contributed by atoms with Gasteiger partial charge in [-0.15, -0.1) is 0 Å². The Kier molecular flexibility index (Phi) is 4.96. The third-order valence-corrected chi connectivity index (χ3v) is 4.97. The van der Waals surface area contributed by atoms with E-state index in [0.29, 0.717) is 37.1 Å². The van der Waals surface area contributed by atoms with Crippen LogP contribution in [0.25, 0.3) is 11.0 Å². The molecule has 0 unspecified atom stereocenters. The van der Waals surface area contributed by atoms with Crippen LogP contribution in [0.2, 0.25) is 0 Å². The Bertz CT molecular complexity index is 952. The first-order valence-corrected chi connectivity index (χ1v) is 9.35. The Balaban J connectivity index is 1.46. The van der Waals surface area contributed by atoms with E-state index in [2.05, 4.69) is 22.1 Å². The second-order valence-corrected chi connectivity index (χ2v) is 6.64. The van der Waals surface area contributed by atoms with Crippen molar-refractivity contribution in [2.75, 3.05) is 19.7 Å². The topological polar surface area (TPSA) is 68.2 Å². The molecular weight excluding hydrogens is 340 g/mol. The lowest BCUT2D eigenvalue weighted by atomic mass is 9.92. The summed E-state index contributed by atoms with van der Waals surface area (Å²) in [5.74, 6) is 0.744. The van der Waals surface area contributed by atoms with Gasteiger partial charge in [0.25, 0.3) is 5.91 Å². The van der Waals surface area contributed by atoms with Crippen molar-refractivity contribution in [2.24, 2.45) is 0 Å². The zero-order valence-corrected chi connectivity index (χ0v) is 15.3. The van der Waals surface area contributed by atoms with Gasteiger partial charge >= 0.3 is 0 Å². The molecular formula is C21H22N4O2. The van der Waals surface area contributed by atoms with Gasteiger partial charge in [0.15, 0.2) is 5.65 Å². The fourth-order valence-corrected chi connectivity index (χ4v) is 3.55. The number of amides is 1. The van der Waals surface area contributed by atoms with Gasteiger partial charge in [-0.2, -0.15) is 0 Å². The van der Waals surface area contributed by atoms with E-state index in [4.69, 9.17) is 9.72 Å². The molecule has 0 bridgehead atoms. The van der Waals surface area contributed by atoms with Crippen molar-refractivity contribution in [2.45, 2.75) is 25.7 Å². The van der Waals surface area contributed by atoms with E-state index in [-0.39, 0.29) is 5.91 Å². The van der Waals surface area contributed by atoms with Crippen molar-refractivity contribution >= 4 is 16.9 Å². The van der Waals surface area contributed by atoms with E-state index in [9.17, 15) is 4.79 Å². The van der Waals surface area contributed by atoms with Crippen LogP contribution in [0.3, 0.4) is 0 Å². The predicted octanol–water partition coefficient (Wildman–Crippen LogP) is 3.44. The van der Waals surface area contributed by atoms with Gasteiger partial charge in [0.1, 0.15) is 5.56 Å². The Labute approximate surface area is 158 Å². The number of aromatic nitrogens is 3. The highest BCUT2D eigenvalue weighted by Gasteiger charge is 2.27. The molecule has 1 fully saturated rings. The molecule has 138 valence electrons. The van der Waals surface area contributed by atoms with Gasteiger partial charge in [0, 0.05) is 42.5 Å². The summed E-state index contributed by atoms with van der Waals surface area (Å²) in [5.41, 5.74) is 2.38. The highest BCUT2D eigenvalue weighted by atomic mass is 16.5. The molecule has 1 aliphatic rings. The van der Waals surface area contributed by atoms with Crippen LogP contribution < -0.4 is 4.74 Å². The van der Waals surface area contributed by atoms with Crippen molar-refractivity contribution in [3.05, 3.63) is 60.0 Å². The van der Waals surface area contributed by atoms with Gasteiger partial charge in [0.2, 0.25) is 5.88 Å². The number of carbonyl (C=O) groups is 1. The molecule has 1 saturated heterocycles. The van der Waals surface area contributed by atoms with Crippen LogP contribution >= 0.6 is 0 Å². The lowest BCUT2D eigenvalue weighted by Crippen LogP contribution is -2.38. The van der Waals surface area contributed by atoms with Crippen LogP contribution in [0.5, 0.6) is 5.88 Å². The molecule has 0 aromatic carbocycles. The largest absolute Gasteiger partial charge is 0.477 e. The number of rotatable bonds is 4. The molecule has 1 aliphatic heterocycles. The van der Waals surface area contributed by atoms with Crippen molar-refractivity contribution < 1.29 is 9.53 Å². The average molecular weight is 362 g/mol. The minimum atomic E-state index is -0.0156. The third kappa shape index (κ3) is 3.60. The van der Waals surface area contributed by atoms with E-state index in [1.807, 2.05) is 24.0 Å². The summed E-state index contributed by atoms with van der Waals surface area (Å²) >= 11 is 0. The molecule has 6 nitrogen and oxygen atoms in total. The summed E-state index contributed by atoms with van der Waals surface area (Å²) < 4.78 is 5.50. The summed E-state index contributed by atoms with van der Waals surface area (Å²) in [6, 6.07) is 11.6. The van der Waals surface area contributed by atoms with Gasteiger partial charge in [-0.3, -0.25) is 4.79 Å². The molecule has 0 radical (unpaired) electrons. The molecule has 0 aliphatic carbocycles. The average Bonchev–Trinajstić information content (AvgIpc) is 2.74. The summed E-state index contributed by atoms with van der Waals surface area (Å²) in [5, 5.41) is 1.05. The maximum absolute atomic E-state index is 12.9. The fourth-order valence-electron chi connectivity index (χ4n) is 3.55. The Morgan fingerprint density at radius 2 is 1.89 bits per heavy atom. The highest BCUT2D eigenvalue weighted by molar-refractivity contribution is 5.96. The van der Waals surface area contributed by atoms with E-state index < -0.39 is 0 Å². The number of hydrogen-bond donors (Lipinski definition) is 0. The van der Waals surface area contributed by atoms with Gasteiger partial charge < -0.3 is 9.64 Å². The minimum Gasteiger partial charge on any atom is -0.477 e. The number of nitrogens with zero attached hydrogens (tertiary/aromatic N) is 4. The van der Waals surface area contributed by atoms with Gasteiger partial charge in [-0.1, -0.05) is 0 Å². The Morgan fingerprint density at radius 3 is 2.70 bits per heavy atom. The van der Waals surface area contributed by atoms with Crippen molar-refractivity contribution in [3.8, 4) is 5.88 Å². The second-order valence-electron chi connectivity index (χ2n) is 6.64. The molecule has 0 N–H and O–H groups in total. The number of hydrogen-bond acceptors (Lipinski definition) is 5. The van der Waals surface area contributed by atoms with Crippen LogP contribution in [0.1, 0.15) is 41.7 Å². The van der Waals surface area contributed by atoms with E-state index >= 15 is 0 Å². The standard InChI is InChI=1S/C21H22N4O2/c1-2-27-20-17(6-4-12-23-20)21(26)25-13-9-15(10-14-25)18-8-7-16-5-3-11-22-19(16)24-18/h3-8,11-12,15H,2,9-10,13-14H2,1H3. The van der Waals surface area contributed by atoms with Gasteiger partial charge in [0.05, 0.1) is 6.61 Å². The van der Waals surface area contributed by atoms with Gasteiger partial charge in [-0.25, -0.2) is 15.0 Å². The van der Waals surface area contributed by atoms with Crippen LogP contribution in [0.15, 0.2) is 48.8 Å². The maximum Gasteiger partial charge on any atom is 0.259 e. The van der Waals surface area contributed by atoms with Crippen LogP contribution in [-0.2, 0) is 0 Å². The lowest BCUT2D eigenvalue weighted by molar-refractivity contribution is 0.0707. The Morgan fingerprint density at radius 1 is 1.11 bits per heavy atom. The normalized spacial score (nSPS) is 15.1. The van der Waals surface area contributed by atoms with E-state index in [1.165, 1.54) is 0 Å². The first-order valence-electron chi connectivity index (χ1n) is 9.35. The van der Waals surface area contributed by atoms with E-state index in [1.54, 1.807) is 24.5 Å². The maximum atomic E-state index is 12.9. The number of ether oxygens (including phenoxy) is 1. The fraction of sp³-hybridized carbons (Fsp3) is 0.333. The SMILES string of the molecule is CCOc1ncccc1C(=O)N1CCC(c2ccc3cccnc3n2)CC1. The second kappa shape index (κ2) is 7.70. The first-order chi connectivity index (χ1) is 13.3. The zero-order valence-electron chi connectivity index (χ0n) is 15.3. The predicted molar refractivity (Wildman–Crippen MR) is 103 cm³/mol. The molecule has 4 rings (SSSR count). The summed E-state index contributed by atoms with van der Waals surface area (Å²) in [7, 11) is 0. The summed E-state index contributed by atoms with van der Waals surface area (Å²) in [6.45, 7) is 3.78. The summed E-state index contributed by atoms with van der Waals surface area (Å²) in [4.78, 5) is 28.0. The molecule has 6 heteroatoms. The number of carbonyl (C=O) groups excluding carboxylic acids is 1. The molecule has 0 saturated carbocycles.